The molecule has 0 aromatic heterocycles. The van der Waals surface area contributed by atoms with Gasteiger partial charge in [-0.25, -0.2) is 13.1 Å². The third-order valence-electron chi connectivity index (χ3n) is 4.85. The van der Waals surface area contributed by atoms with Crippen molar-refractivity contribution in [3.8, 4) is 5.75 Å². The van der Waals surface area contributed by atoms with Crippen molar-refractivity contribution in [3.05, 3.63) is 18.2 Å². The van der Waals surface area contributed by atoms with Crippen LogP contribution >= 0.6 is 0 Å². The quantitative estimate of drug-likeness (QED) is 0.742. The topological polar surface area (TPSA) is 105 Å². The van der Waals surface area contributed by atoms with Crippen LogP contribution in [0.25, 0.3) is 0 Å². The number of rotatable bonds is 6. The molecule has 0 radical (unpaired) electrons. The maximum atomic E-state index is 12.5. The molecule has 1 aromatic rings. The summed E-state index contributed by atoms with van der Waals surface area (Å²) in [5.41, 5.74) is 0.293. The zero-order valence-electron chi connectivity index (χ0n) is 16.2. The molecule has 1 aromatic carbocycles. The van der Waals surface area contributed by atoms with Crippen molar-refractivity contribution < 1.29 is 22.7 Å². The molecule has 0 atom stereocenters. The first-order valence-electron chi connectivity index (χ1n) is 9.65. The fourth-order valence-electron chi connectivity index (χ4n) is 3.56. The Balaban J connectivity index is 1.80. The molecule has 9 heteroatoms. The molecule has 28 heavy (non-hydrogen) atoms. The van der Waals surface area contributed by atoms with E-state index in [2.05, 4.69) is 10.0 Å². The number of carbonyl (C=O) groups excluding carboxylic acids is 2. The zero-order chi connectivity index (χ0) is 20.3. The van der Waals surface area contributed by atoms with Gasteiger partial charge in [-0.1, -0.05) is 19.3 Å². The summed E-state index contributed by atoms with van der Waals surface area (Å²) < 4.78 is 32.9. The van der Waals surface area contributed by atoms with Crippen LogP contribution in [0.1, 0.15) is 46.0 Å². The minimum Gasteiger partial charge on any atom is -0.482 e. The number of benzene rings is 1. The molecule has 2 N–H and O–H groups in total. The van der Waals surface area contributed by atoms with Gasteiger partial charge in [-0.15, -0.1) is 0 Å². The summed E-state index contributed by atoms with van der Waals surface area (Å²) in [6, 6.07) is 4.20. The molecule has 0 bridgehead atoms. The van der Waals surface area contributed by atoms with Gasteiger partial charge in [0.1, 0.15) is 12.3 Å². The van der Waals surface area contributed by atoms with Crippen molar-refractivity contribution in [1.82, 2.24) is 10.0 Å². The summed E-state index contributed by atoms with van der Waals surface area (Å²) in [7, 11) is -3.73. The van der Waals surface area contributed by atoms with Gasteiger partial charge in [-0.3, -0.25) is 14.5 Å². The summed E-state index contributed by atoms with van der Waals surface area (Å²) in [5.74, 6) is -0.243. The van der Waals surface area contributed by atoms with Crippen LogP contribution < -0.4 is 19.7 Å². The van der Waals surface area contributed by atoms with Crippen LogP contribution in [-0.4, -0.2) is 45.5 Å². The standard InChI is InChI=1S/C19H27N3O5S/c1-13(2)21-28(25,26)15-8-9-17-16(10-15)22(19(24)12-27-17)11-18(23)20-14-6-4-3-5-7-14/h8-10,13-14,21H,3-7,11-12H2,1-2H3,(H,20,23). The zero-order valence-corrected chi connectivity index (χ0v) is 17.0. The monoisotopic (exact) mass is 409 g/mol. The molecule has 1 aliphatic heterocycles. The van der Waals surface area contributed by atoms with Crippen LogP contribution in [0.3, 0.4) is 0 Å². The lowest BCUT2D eigenvalue weighted by Gasteiger charge is -2.30. The van der Waals surface area contributed by atoms with Crippen LogP contribution in [0.4, 0.5) is 5.69 Å². The van der Waals surface area contributed by atoms with E-state index in [9.17, 15) is 18.0 Å². The summed E-state index contributed by atoms with van der Waals surface area (Å²) >= 11 is 0. The number of fused-ring (bicyclic) bond motifs is 1. The molecule has 0 spiro atoms. The van der Waals surface area contributed by atoms with E-state index in [0.29, 0.717) is 11.4 Å². The third kappa shape index (κ3) is 4.82. The predicted octanol–water partition coefficient (Wildman–Crippen LogP) is 1.55. The molecule has 1 fully saturated rings. The normalized spacial score (nSPS) is 18.0. The van der Waals surface area contributed by atoms with Gasteiger partial charge in [0.05, 0.1) is 10.6 Å². The molecule has 0 unspecified atom stereocenters. The van der Waals surface area contributed by atoms with Gasteiger partial charge >= 0.3 is 0 Å². The Bertz CT molecular complexity index is 847. The summed E-state index contributed by atoms with van der Waals surface area (Å²) in [4.78, 5) is 26.2. The average molecular weight is 410 g/mol. The van der Waals surface area contributed by atoms with E-state index in [1.54, 1.807) is 13.8 Å². The van der Waals surface area contributed by atoms with Gasteiger partial charge < -0.3 is 10.1 Å². The number of hydrogen-bond acceptors (Lipinski definition) is 5. The fourth-order valence-corrected chi connectivity index (χ4v) is 4.84. The van der Waals surface area contributed by atoms with Crippen LogP contribution in [-0.2, 0) is 19.6 Å². The van der Waals surface area contributed by atoms with Gasteiger partial charge in [-0.2, -0.15) is 0 Å². The number of sulfonamides is 1. The fraction of sp³-hybridized carbons (Fsp3) is 0.579. The Kier molecular flexibility index (Phi) is 6.24. The molecular formula is C19H27N3O5S. The van der Waals surface area contributed by atoms with E-state index in [4.69, 9.17) is 4.74 Å². The van der Waals surface area contributed by atoms with Gasteiger partial charge in [0.25, 0.3) is 5.91 Å². The predicted molar refractivity (Wildman–Crippen MR) is 105 cm³/mol. The molecular weight excluding hydrogens is 382 g/mol. The number of amides is 2. The van der Waals surface area contributed by atoms with E-state index in [1.165, 1.54) is 29.5 Å². The van der Waals surface area contributed by atoms with E-state index in [1.807, 2.05) is 0 Å². The van der Waals surface area contributed by atoms with Crippen molar-refractivity contribution >= 4 is 27.5 Å². The Hall–Kier alpha value is -2.13. The van der Waals surface area contributed by atoms with Crippen LogP contribution in [0.2, 0.25) is 0 Å². The highest BCUT2D eigenvalue weighted by Crippen LogP contribution is 2.34. The Labute approximate surface area is 165 Å². The van der Waals surface area contributed by atoms with Crippen LogP contribution in [0, 0.1) is 0 Å². The molecule has 0 saturated heterocycles. The Morgan fingerprint density at radius 3 is 2.64 bits per heavy atom. The maximum Gasteiger partial charge on any atom is 0.265 e. The second-order valence-electron chi connectivity index (χ2n) is 7.58. The minimum absolute atomic E-state index is 0.0240. The van der Waals surface area contributed by atoms with Gasteiger partial charge in [-0.05, 0) is 44.9 Å². The number of nitrogens with one attached hydrogen (secondary N) is 2. The summed E-state index contributed by atoms with van der Waals surface area (Å²) in [5, 5.41) is 2.98. The first kappa shape index (κ1) is 20.6. The molecule has 1 aliphatic carbocycles. The van der Waals surface area contributed by atoms with Gasteiger partial charge in [0, 0.05) is 12.1 Å². The average Bonchev–Trinajstić information content (AvgIpc) is 2.63. The first-order valence-corrected chi connectivity index (χ1v) is 11.1. The van der Waals surface area contributed by atoms with Gasteiger partial charge in [0.2, 0.25) is 15.9 Å². The number of carbonyl (C=O) groups is 2. The SMILES string of the molecule is CC(C)NS(=O)(=O)c1ccc2c(c1)N(CC(=O)NC1CCCCC1)C(=O)CO2. The molecule has 1 saturated carbocycles. The first-order chi connectivity index (χ1) is 13.3. The maximum absolute atomic E-state index is 12.5. The van der Waals surface area contributed by atoms with Crippen molar-refractivity contribution in [2.24, 2.45) is 0 Å². The van der Waals surface area contributed by atoms with Gasteiger partial charge in [0.15, 0.2) is 6.61 Å². The van der Waals surface area contributed by atoms with E-state index in [0.717, 1.165) is 25.7 Å². The highest BCUT2D eigenvalue weighted by atomic mass is 32.2. The van der Waals surface area contributed by atoms with Crippen LogP contribution in [0.5, 0.6) is 5.75 Å². The van der Waals surface area contributed by atoms with E-state index in [-0.39, 0.29) is 41.9 Å². The van der Waals surface area contributed by atoms with Crippen molar-refractivity contribution in [3.63, 3.8) is 0 Å². The van der Waals surface area contributed by atoms with Crippen molar-refractivity contribution in [2.45, 2.75) is 62.9 Å². The smallest absolute Gasteiger partial charge is 0.265 e. The highest BCUT2D eigenvalue weighted by Gasteiger charge is 2.30. The lowest BCUT2D eigenvalue weighted by atomic mass is 9.95. The summed E-state index contributed by atoms with van der Waals surface area (Å²) in [6.45, 7) is 3.11. The Morgan fingerprint density at radius 1 is 1.25 bits per heavy atom. The van der Waals surface area contributed by atoms with E-state index >= 15 is 0 Å². The molecule has 3 rings (SSSR count). The van der Waals surface area contributed by atoms with Crippen molar-refractivity contribution in [2.75, 3.05) is 18.1 Å². The molecule has 2 amide bonds. The Morgan fingerprint density at radius 2 is 1.96 bits per heavy atom. The van der Waals surface area contributed by atoms with E-state index < -0.39 is 10.0 Å². The molecule has 1 heterocycles. The third-order valence-corrected chi connectivity index (χ3v) is 6.50. The van der Waals surface area contributed by atoms with Crippen molar-refractivity contribution in [1.29, 1.82) is 0 Å². The lowest BCUT2D eigenvalue weighted by Crippen LogP contribution is -2.47. The largest absolute Gasteiger partial charge is 0.482 e. The number of anilines is 1. The number of nitrogens with zero attached hydrogens (tertiary/aromatic N) is 1. The minimum atomic E-state index is -3.73. The summed E-state index contributed by atoms with van der Waals surface area (Å²) in [6.07, 6.45) is 5.26. The molecule has 154 valence electrons. The molecule has 2 aliphatic rings. The molecule has 8 nitrogen and oxygen atoms in total. The number of ether oxygens (including phenoxy) is 1. The second kappa shape index (κ2) is 8.48. The second-order valence-corrected chi connectivity index (χ2v) is 9.29. The number of hydrogen-bond donors (Lipinski definition) is 2. The highest BCUT2D eigenvalue weighted by molar-refractivity contribution is 7.89. The lowest BCUT2D eigenvalue weighted by molar-refractivity contribution is -0.125. The van der Waals surface area contributed by atoms with Crippen LogP contribution in [0.15, 0.2) is 23.1 Å².